The summed E-state index contributed by atoms with van der Waals surface area (Å²) >= 11 is 1.64. The zero-order valence-corrected chi connectivity index (χ0v) is 13.1. The molecule has 4 nitrogen and oxygen atoms in total. The molecule has 0 saturated carbocycles. The minimum atomic E-state index is -0.330. The Kier molecular flexibility index (Phi) is 3.78. The Morgan fingerprint density at radius 2 is 2.24 bits per heavy atom. The van der Waals surface area contributed by atoms with E-state index in [0.29, 0.717) is 5.56 Å². The number of carbonyl (C=O) groups is 1. The predicted molar refractivity (Wildman–Crippen MR) is 81.6 cm³/mol. The first-order chi connectivity index (χ1) is 10.1. The molecule has 1 aromatic heterocycles. The van der Waals surface area contributed by atoms with E-state index in [0.717, 1.165) is 22.7 Å². The third-order valence-corrected chi connectivity index (χ3v) is 4.85. The Hall–Kier alpha value is -1.72. The highest BCUT2D eigenvalue weighted by atomic mass is 32.1. The van der Waals surface area contributed by atoms with Gasteiger partial charge in [-0.1, -0.05) is 12.1 Å². The summed E-state index contributed by atoms with van der Waals surface area (Å²) < 4.78 is 10.6. The molecule has 110 valence electrons. The van der Waals surface area contributed by atoms with E-state index in [1.165, 1.54) is 12.0 Å². The third kappa shape index (κ3) is 2.71. The molecule has 1 aliphatic heterocycles. The van der Waals surface area contributed by atoms with Gasteiger partial charge in [-0.15, -0.1) is 11.3 Å². The van der Waals surface area contributed by atoms with Crippen molar-refractivity contribution >= 4 is 17.3 Å². The molecule has 0 spiro atoms. The molecule has 0 fully saturated rings. The molecule has 0 bridgehead atoms. The fourth-order valence-electron chi connectivity index (χ4n) is 2.58. The van der Waals surface area contributed by atoms with E-state index in [1.54, 1.807) is 17.4 Å². The standard InChI is InChI=1S/C16H17NO3S/c1-9-7-13-14(10(2)20-9)21-15(17-13)11-5-4-6-12(8-11)16(18)19-3/h4-6,8-10H,7H2,1-3H3. The van der Waals surface area contributed by atoms with Gasteiger partial charge in [-0.2, -0.15) is 0 Å². The maximum Gasteiger partial charge on any atom is 0.337 e. The van der Waals surface area contributed by atoms with Crippen LogP contribution in [0.4, 0.5) is 0 Å². The fraction of sp³-hybridized carbons (Fsp3) is 0.375. The second-order valence-electron chi connectivity index (χ2n) is 5.20. The van der Waals surface area contributed by atoms with Crippen LogP contribution in [0.2, 0.25) is 0 Å². The lowest BCUT2D eigenvalue weighted by molar-refractivity contribution is -0.00317. The smallest absolute Gasteiger partial charge is 0.337 e. The molecule has 2 aromatic rings. The van der Waals surface area contributed by atoms with Crippen molar-refractivity contribution < 1.29 is 14.3 Å². The molecule has 2 heterocycles. The topological polar surface area (TPSA) is 48.4 Å². The van der Waals surface area contributed by atoms with Crippen molar-refractivity contribution in [2.45, 2.75) is 32.5 Å². The van der Waals surface area contributed by atoms with Gasteiger partial charge in [0.25, 0.3) is 0 Å². The van der Waals surface area contributed by atoms with Crippen molar-refractivity contribution in [1.29, 1.82) is 0 Å². The van der Waals surface area contributed by atoms with Crippen molar-refractivity contribution in [3.05, 3.63) is 40.4 Å². The zero-order chi connectivity index (χ0) is 15.0. The maximum atomic E-state index is 11.6. The van der Waals surface area contributed by atoms with Crippen LogP contribution in [0.5, 0.6) is 0 Å². The minimum absolute atomic E-state index is 0.0822. The van der Waals surface area contributed by atoms with Crippen molar-refractivity contribution in [3.63, 3.8) is 0 Å². The lowest BCUT2D eigenvalue weighted by Crippen LogP contribution is -2.20. The second-order valence-corrected chi connectivity index (χ2v) is 6.23. The Labute approximate surface area is 127 Å². The lowest BCUT2D eigenvalue weighted by Gasteiger charge is -2.23. The van der Waals surface area contributed by atoms with Gasteiger partial charge in [0, 0.05) is 12.0 Å². The number of fused-ring (bicyclic) bond motifs is 1. The summed E-state index contributed by atoms with van der Waals surface area (Å²) in [5.74, 6) is -0.330. The normalized spacial score (nSPS) is 20.9. The molecule has 1 aromatic carbocycles. The molecular formula is C16H17NO3S. The number of methoxy groups -OCH3 is 1. The molecular weight excluding hydrogens is 286 g/mol. The van der Waals surface area contributed by atoms with E-state index in [9.17, 15) is 4.79 Å². The van der Waals surface area contributed by atoms with Gasteiger partial charge in [-0.25, -0.2) is 9.78 Å². The lowest BCUT2D eigenvalue weighted by atomic mass is 10.1. The molecule has 2 atom stereocenters. The quantitative estimate of drug-likeness (QED) is 0.795. The average Bonchev–Trinajstić information content (AvgIpc) is 2.91. The summed E-state index contributed by atoms with van der Waals surface area (Å²) in [6, 6.07) is 7.39. The molecule has 5 heteroatoms. The van der Waals surface area contributed by atoms with E-state index in [-0.39, 0.29) is 18.2 Å². The first-order valence-corrected chi connectivity index (χ1v) is 7.74. The molecule has 0 N–H and O–H groups in total. The van der Waals surface area contributed by atoms with E-state index in [4.69, 9.17) is 14.5 Å². The van der Waals surface area contributed by atoms with E-state index in [1.807, 2.05) is 18.2 Å². The number of nitrogens with zero attached hydrogens (tertiary/aromatic N) is 1. The molecule has 0 radical (unpaired) electrons. The molecule has 0 saturated heterocycles. The number of esters is 1. The number of aromatic nitrogens is 1. The largest absolute Gasteiger partial charge is 0.465 e. The van der Waals surface area contributed by atoms with Crippen LogP contribution in [-0.2, 0) is 15.9 Å². The van der Waals surface area contributed by atoms with Gasteiger partial charge in [0.05, 0.1) is 35.5 Å². The van der Waals surface area contributed by atoms with Crippen molar-refractivity contribution in [2.75, 3.05) is 7.11 Å². The van der Waals surface area contributed by atoms with E-state index >= 15 is 0 Å². The number of ether oxygens (including phenoxy) is 2. The minimum Gasteiger partial charge on any atom is -0.465 e. The maximum absolute atomic E-state index is 11.6. The Morgan fingerprint density at radius 3 is 3.00 bits per heavy atom. The molecule has 21 heavy (non-hydrogen) atoms. The van der Waals surface area contributed by atoms with Gasteiger partial charge < -0.3 is 9.47 Å². The van der Waals surface area contributed by atoms with Crippen LogP contribution >= 0.6 is 11.3 Å². The first-order valence-electron chi connectivity index (χ1n) is 6.92. The third-order valence-electron chi connectivity index (χ3n) is 3.54. The van der Waals surface area contributed by atoms with Gasteiger partial charge in [-0.3, -0.25) is 0 Å². The van der Waals surface area contributed by atoms with Crippen molar-refractivity contribution in [1.82, 2.24) is 4.98 Å². The number of hydrogen-bond acceptors (Lipinski definition) is 5. The van der Waals surface area contributed by atoms with Crippen molar-refractivity contribution in [2.24, 2.45) is 0 Å². The molecule has 3 rings (SSSR count). The predicted octanol–water partition coefficient (Wildman–Crippen LogP) is 3.62. The van der Waals surface area contributed by atoms with Gasteiger partial charge in [0.2, 0.25) is 0 Å². The van der Waals surface area contributed by atoms with Crippen LogP contribution in [0.25, 0.3) is 10.6 Å². The van der Waals surface area contributed by atoms with E-state index in [2.05, 4.69) is 13.8 Å². The summed E-state index contributed by atoms with van der Waals surface area (Å²) in [5, 5.41) is 0.926. The Balaban J connectivity index is 1.98. The summed E-state index contributed by atoms with van der Waals surface area (Å²) in [6.45, 7) is 4.12. The number of hydrogen-bond donors (Lipinski definition) is 0. The summed E-state index contributed by atoms with van der Waals surface area (Å²) in [4.78, 5) is 17.5. The molecule has 1 aliphatic rings. The van der Waals surface area contributed by atoms with Crippen molar-refractivity contribution in [3.8, 4) is 10.6 Å². The highest BCUT2D eigenvalue weighted by molar-refractivity contribution is 7.15. The number of rotatable bonds is 2. The van der Waals surface area contributed by atoms with Gasteiger partial charge >= 0.3 is 5.97 Å². The number of benzene rings is 1. The van der Waals surface area contributed by atoms with Crippen LogP contribution in [0.15, 0.2) is 24.3 Å². The highest BCUT2D eigenvalue weighted by Gasteiger charge is 2.26. The van der Waals surface area contributed by atoms with Gasteiger partial charge in [0.15, 0.2) is 0 Å². The number of thiazole rings is 1. The van der Waals surface area contributed by atoms with Crippen LogP contribution in [0.1, 0.15) is 40.9 Å². The number of carbonyl (C=O) groups excluding carboxylic acids is 1. The SMILES string of the molecule is COC(=O)c1cccc(-c2nc3c(s2)C(C)OC(C)C3)c1. The zero-order valence-electron chi connectivity index (χ0n) is 12.3. The average molecular weight is 303 g/mol. The molecule has 2 unspecified atom stereocenters. The summed E-state index contributed by atoms with van der Waals surface area (Å²) in [5.41, 5.74) is 2.60. The second kappa shape index (κ2) is 5.58. The first kappa shape index (κ1) is 14.2. The molecule has 0 amide bonds. The Bertz CT molecular complexity index is 680. The van der Waals surface area contributed by atoms with Crippen LogP contribution < -0.4 is 0 Å². The van der Waals surface area contributed by atoms with Gasteiger partial charge in [-0.05, 0) is 26.0 Å². The molecule has 0 aliphatic carbocycles. The summed E-state index contributed by atoms with van der Waals surface area (Å²) in [6.07, 6.45) is 1.12. The van der Waals surface area contributed by atoms with Crippen LogP contribution in [-0.4, -0.2) is 24.2 Å². The Morgan fingerprint density at radius 1 is 1.43 bits per heavy atom. The van der Waals surface area contributed by atoms with Crippen LogP contribution in [0, 0.1) is 0 Å². The fourth-order valence-corrected chi connectivity index (χ4v) is 3.66. The van der Waals surface area contributed by atoms with E-state index < -0.39 is 0 Å². The summed E-state index contributed by atoms with van der Waals surface area (Å²) in [7, 11) is 1.39. The highest BCUT2D eigenvalue weighted by Crippen LogP contribution is 2.38. The monoisotopic (exact) mass is 303 g/mol. The van der Waals surface area contributed by atoms with Crippen LogP contribution in [0.3, 0.4) is 0 Å². The van der Waals surface area contributed by atoms with Gasteiger partial charge in [0.1, 0.15) is 5.01 Å².